The Balaban J connectivity index is 2.55. The lowest BCUT2D eigenvalue weighted by atomic mass is 9.96. The monoisotopic (exact) mass is 265 g/mol. The maximum atomic E-state index is 14.0. The quantitative estimate of drug-likeness (QED) is 0.891. The van der Waals surface area contributed by atoms with E-state index in [4.69, 9.17) is 0 Å². The van der Waals surface area contributed by atoms with Gasteiger partial charge in [0.25, 0.3) is 0 Å². The third-order valence-corrected chi connectivity index (χ3v) is 3.09. The van der Waals surface area contributed by atoms with Crippen LogP contribution >= 0.6 is 0 Å². The number of hydrogen-bond acceptors (Lipinski definition) is 1. The van der Waals surface area contributed by atoms with Gasteiger partial charge in [0, 0.05) is 11.1 Å². The summed E-state index contributed by atoms with van der Waals surface area (Å²) in [4.78, 5) is 0. The Labute approximate surface area is 110 Å². The van der Waals surface area contributed by atoms with E-state index in [1.165, 1.54) is 13.0 Å². The van der Waals surface area contributed by atoms with Crippen molar-refractivity contribution in [3.8, 4) is 0 Å². The highest BCUT2D eigenvalue weighted by molar-refractivity contribution is 5.35. The van der Waals surface area contributed by atoms with Crippen LogP contribution in [0.3, 0.4) is 0 Å². The van der Waals surface area contributed by atoms with E-state index in [0.717, 1.165) is 12.1 Å². The molecule has 1 unspecified atom stereocenters. The van der Waals surface area contributed by atoms with Crippen LogP contribution in [0.15, 0.2) is 36.4 Å². The van der Waals surface area contributed by atoms with Crippen molar-refractivity contribution in [2.75, 3.05) is 7.05 Å². The molecule has 0 saturated heterocycles. The highest BCUT2D eigenvalue weighted by atomic mass is 19.1. The topological polar surface area (TPSA) is 12.0 Å². The molecule has 0 aliphatic rings. The molecule has 1 atom stereocenters. The van der Waals surface area contributed by atoms with E-state index >= 15 is 0 Å². The molecule has 1 N–H and O–H groups in total. The van der Waals surface area contributed by atoms with Crippen LogP contribution in [0.4, 0.5) is 13.2 Å². The molecule has 100 valence electrons. The Morgan fingerprint density at radius 2 is 1.58 bits per heavy atom. The van der Waals surface area contributed by atoms with Crippen LogP contribution in [0.5, 0.6) is 0 Å². The molecule has 0 spiro atoms. The van der Waals surface area contributed by atoms with Gasteiger partial charge in [0.1, 0.15) is 17.5 Å². The summed E-state index contributed by atoms with van der Waals surface area (Å²) in [5.74, 6) is -1.52. The second-order valence-electron chi connectivity index (χ2n) is 4.37. The number of rotatable bonds is 3. The summed E-state index contributed by atoms with van der Waals surface area (Å²) in [6, 6.07) is 7.56. The zero-order valence-corrected chi connectivity index (χ0v) is 10.7. The van der Waals surface area contributed by atoms with Crippen molar-refractivity contribution < 1.29 is 13.2 Å². The zero-order chi connectivity index (χ0) is 14.0. The highest BCUT2D eigenvalue weighted by Gasteiger charge is 2.20. The molecule has 19 heavy (non-hydrogen) atoms. The molecule has 2 rings (SSSR count). The van der Waals surface area contributed by atoms with Gasteiger partial charge in [-0.15, -0.1) is 0 Å². The Morgan fingerprint density at radius 1 is 0.895 bits per heavy atom. The Bertz CT molecular complexity index is 596. The molecule has 0 bridgehead atoms. The summed E-state index contributed by atoms with van der Waals surface area (Å²) in [7, 11) is 1.58. The van der Waals surface area contributed by atoms with Crippen molar-refractivity contribution >= 4 is 0 Å². The van der Waals surface area contributed by atoms with E-state index in [9.17, 15) is 13.2 Å². The summed E-state index contributed by atoms with van der Waals surface area (Å²) in [6.07, 6.45) is 0. The van der Waals surface area contributed by atoms with Gasteiger partial charge in [-0.25, -0.2) is 13.2 Å². The minimum atomic E-state index is -0.726. The molecule has 0 aromatic heterocycles. The predicted octanol–water partition coefficient (Wildman–Crippen LogP) is 3.72. The van der Waals surface area contributed by atoms with Gasteiger partial charge >= 0.3 is 0 Å². The number of hydrogen-bond donors (Lipinski definition) is 1. The van der Waals surface area contributed by atoms with Gasteiger partial charge < -0.3 is 5.32 Å². The Kier molecular flexibility index (Phi) is 3.90. The summed E-state index contributed by atoms with van der Waals surface area (Å²) in [5.41, 5.74) is 0.604. The largest absolute Gasteiger partial charge is 0.309 e. The molecule has 4 heteroatoms. The summed E-state index contributed by atoms with van der Waals surface area (Å²) in [6.45, 7) is 1.49. The van der Waals surface area contributed by atoms with Crippen LogP contribution in [-0.2, 0) is 0 Å². The molecule has 0 amide bonds. The first-order valence-corrected chi connectivity index (χ1v) is 5.92. The lowest BCUT2D eigenvalue weighted by Gasteiger charge is -2.19. The maximum absolute atomic E-state index is 14.0. The smallest absolute Gasteiger partial charge is 0.128 e. The summed E-state index contributed by atoms with van der Waals surface area (Å²) >= 11 is 0. The van der Waals surface area contributed by atoms with Gasteiger partial charge in [0.2, 0.25) is 0 Å². The molecule has 1 nitrogen and oxygen atoms in total. The van der Waals surface area contributed by atoms with Crippen LogP contribution in [0, 0.1) is 24.4 Å². The van der Waals surface area contributed by atoms with E-state index in [1.807, 2.05) is 0 Å². The number of benzene rings is 2. The molecule has 0 aliphatic carbocycles. The van der Waals surface area contributed by atoms with Crippen molar-refractivity contribution in [2.24, 2.45) is 0 Å². The van der Waals surface area contributed by atoms with Crippen molar-refractivity contribution in [2.45, 2.75) is 13.0 Å². The average molecular weight is 265 g/mol. The van der Waals surface area contributed by atoms with Gasteiger partial charge in [-0.1, -0.05) is 18.2 Å². The average Bonchev–Trinajstić information content (AvgIpc) is 2.38. The lowest BCUT2D eigenvalue weighted by Crippen LogP contribution is -2.20. The predicted molar refractivity (Wildman–Crippen MR) is 68.4 cm³/mol. The van der Waals surface area contributed by atoms with Gasteiger partial charge in [0.15, 0.2) is 0 Å². The van der Waals surface area contributed by atoms with E-state index in [0.29, 0.717) is 0 Å². The summed E-state index contributed by atoms with van der Waals surface area (Å²) < 4.78 is 41.3. The van der Waals surface area contributed by atoms with Gasteiger partial charge in [0.05, 0.1) is 6.04 Å². The fourth-order valence-electron chi connectivity index (χ4n) is 2.07. The number of halogens is 3. The Morgan fingerprint density at radius 3 is 2.21 bits per heavy atom. The number of nitrogens with one attached hydrogen (secondary N) is 1. The zero-order valence-electron chi connectivity index (χ0n) is 10.7. The molecule has 2 aromatic carbocycles. The van der Waals surface area contributed by atoms with E-state index < -0.39 is 23.5 Å². The molecule has 2 aromatic rings. The molecule has 0 fully saturated rings. The third-order valence-electron chi connectivity index (χ3n) is 3.09. The minimum absolute atomic E-state index is 0.0932. The van der Waals surface area contributed by atoms with Gasteiger partial charge in [-0.05, 0) is 37.7 Å². The first-order valence-electron chi connectivity index (χ1n) is 5.92. The first-order chi connectivity index (χ1) is 9.04. The number of aryl methyl sites for hydroxylation is 1. The SMILES string of the molecule is CNC(c1ccccc1F)c1cc(F)c(C)cc1F. The van der Waals surface area contributed by atoms with Crippen LogP contribution in [0.25, 0.3) is 0 Å². The second-order valence-corrected chi connectivity index (χ2v) is 4.37. The van der Waals surface area contributed by atoms with Crippen LogP contribution < -0.4 is 5.32 Å². The van der Waals surface area contributed by atoms with Crippen molar-refractivity contribution in [1.29, 1.82) is 0 Å². The molecule has 0 radical (unpaired) electrons. The molecule has 0 heterocycles. The van der Waals surface area contributed by atoms with Crippen molar-refractivity contribution in [1.82, 2.24) is 5.32 Å². The van der Waals surface area contributed by atoms with Crippen molar-refractivity contribution in [3.05, 3.63) is 70.5 Å². The highest BCUT2D eigenvalue weighted by Crippen LogP contribution is 2.27. The van der Waals surface area contributed by atoms with Crippen LogP contribution in [0.1, 0.15) is 22.7 Å². The normalized spacial score (nSPS) is 12.5. The molecular formula is C15H14F3N. The lowest BCUT2D eigenvalue weighted by molar-refractivity contribution is 0.534. The Hall–Kier alpha value is -1.81. The van der Waals surface area contributed by atoms with Crippen LogP contribution in [0.2, 0.25) is 0 Å². The molecule has 0 aliphatic heterocycles. The first kappa shape index (κ1) is 13.6. The van der Waals surface area contributed by atoms with Crippen LogP contribution in [-0.4, -0.2) is 7.05 Å². The fraction of sp³-hybridized carbons (Fsp3) is 0.200. The van der Waals surface area contributed by atoms with Crippen molar-refractivity contribution in [3.63, 3.8) is 0 Å². The summed E-state index contributed by atoms with van der Waals surface area (Å²) in [5, 5.41) is 2.82. The molecule has 0 saturated carbocycles. The second kappa shape index (κ2) is 5.45. The van der Waals surface area contributed by atoms with E-state index in [2.05, 4.69) is 5.32 Å². The maximum Gasteiger partial charge on any atom is 0.128 e. The van der Waals surface area contributed by atoms with E-state index in [-0.39, 0.29) is 16.7 Å². The van der Waals surface area contributed by atoms with E-state index in [1.54, 1.807) is 25.2 Å². The minimum Gasteiger partial charge on any atom is -0.309 e. The molecular weight excluding hydrogens is 251 g/mol. The third kappa shape index (κ3) is 2.63. The van der Waals surface area contributed by atoms with Gasteiger partial charge in [-0.2, -0.15) is 0 Å². The fourth-order valence-corrected chi connectivity index (χ4v) is 2.07. The van der Waals surface area contributed by atoms with Gasteiger partial charge in [-0.3, -0.25) is 0 Å². The standard InChI is InChI=1S/C15H14F3N/c1-9-7-14(18)11(8-13(9)17)15(19-2)10-5-3-4-6-12(10)16/h3-8,15,19H,1-2H3.